The van der Waals surface area contributed by atoms with Gasteiger partial charge in [-0.3, -0.25) is 4.90 Å². The molecule has 27 heavy (non-hydrogen) atoms. The van der Waals surface area contributed by atoms with Gasteiger partial charge >= 0.3 is 0 Å². The quantitative estimate of drug-likeness (QED) is 0.652. The van der Waals surface area contributed by atoms with E-state index in [1.54, 1.807) is 0 Å². The van der Waals surface area contributed by atoms with Crippen molar-refractivity contribution >= 4 is 0 Å². The van der Waals surface area contributed by atoms with Crippen LogP contribution in [0, 0.1) is 12.3 Å². The lowest BCUT2D eigenvalue weighted by molar-refractivity contribution is 0.0274. The van der Waals surface area contributed by atoms with Gasteiger partial charge in [0.2, 0.25) is 0 Å². The van der Waals surface area contributed by atoms with Gasteiger partial charge in [-0.15, -0.1) is 0 Å². The van der Waals surface area contributed by atoms with Crippen molar-refractivity contribution in [1.82, 2.24) is 4.90 Å². The van der Waals surface area contributed by atoms with Crippen LogP contribution >= 0.6 is 0 Å². The molecule has 2 aromatic rings. The van der Waals surface area contributed by atoms with Crippen molar-refractivity contribution in [3.63, 3.8) is 0 Å². The molecule has 2 heteroatoms. The first-order valence-corrected chi connectivity index (χ1v) is 10.5. The average molecular weight is 364 g/mol. The summed E-state index contributed by atoms with van der Waals surface area (Å²) in [5.74, 6) is 1.01. The van der Waals surface area contributed by atoms with Crippen LogP contribution in [0.1, 0.15) is 52.0 Å². The Balaban J connectivity index is 1.43. The molecule has 2 aliphatic rings. The Bertz CT molecular complexity index is 781. The Morgan fingerprint density at radius 1 is 1.04 bits per heavy atom. The second kappa shape index (κ2) is 7.31. The molecule has 1 aliphatic heterocycles. The molecule has 0 bridgehead atoms. The largest absolute Gasteiger partial charge is 0.490 e. The predicted molar refractivity (Wildman–Crippen MR) is 113 cm³/mol. The van der Waals surface area contributed by atoms with E-state index < -0.39 is 0 Å². The fourth-order valence-corrected chi connectivity index (χ4v) is 5.35. The summed E-state index contributed by atoms with van der Waals surface area (Å²) in [4.78, 5) is 2.72. The van der Waals surface area contributed by atoms with E-state index in [0.29, 0.717) is 17.6 Å². The number of hydrogen-bond acceptors (Lipinski definition) is 2. The topological polar surface area (TPSA) is 12.5 Å². The van der Waals surface area contributed by atoms with Crippen LogP contribution in [-0.2, 0) is 0 Å². The maximum atomic E-state index is 6.43. The van der Waals surface area contributed by atoms with E-state index >= 15 is 0 Å². The Hall–Kier alpha value is -1.80. The predicted octanol–water partition coefficient (Wildman–Crippen LogP) is 6.08. The SMILES string of the molecule is Cc1ccccc1-c1ccc(OC2CCC3N(C(C)C)CCC3(C)C2)cc1. The Morgan fingerprint density at radius 2 is 1.78 bits per heavy atom. The van der Waals surface area contributed by atoms with Gasteiger partial charge in [0.05, 0.1) is 6.10 Å². The molecule has 2 aromatic carbocycles. The van der Waals surface area contributed by atoms with Crippen molar-refractivity contribution in [2.24, 2.45) is 5.41 Å². The Morgan fingerprint density at radius 3 is 2.48 bits per heavy atom. The van der Waals surface area contributed by atoms with Crippen LogP contribution in [0.5, 0.6) is 5.75 Å². The maximum Gasteiger partial charge on any atom is 0.119 e. The number of ether oxygens (including phenoxy) is 1. The number of rotatable bonds is 4. The third-order valence-corrected chi connectivity index (χ3v) is 6.88. The minimum absolute atomic E-state index is 0.350. The van der Waals surface area contributed by atoms with Gasteiger partial charge in [0.1, 0.15) is 5.75 Å². The van der Waals surface area contributed by atoms with E-state index in [1.165, 1.54) is 48.9 Å². The zero-order valence-corrected chi connectivity index (χ0v) is 17.2. The van der Waals surface area contributed by atoms with Gasteiger partial charge in [0.15, 0.2) is 0 Å². The van der Waals surface area contributed by atoms with Gasteiger partial charge in [-0.25, -0.2) is 0 Å². The third-order valence-electron chi connectivity index (χ3n) is 6.88. The first-order chi connectivity index (χ1) is 13.0. The lowest BCUT2D eigenvalue weighted by atomic mass is 9.70. The van der Waals surface area contributed by atoms with Crippen molar-refractivity contribution in [1.29, 1.82) is 0 Å². The summed E-state index contributed by atoms with van der Waals surface area (Å²) in [6.07, 6.45) is 5.27. The van der Waals surface area contributed by atoms with Crippen LogP contribution in [0.25, 0.3) is 11.1 Å². The maximum absolute atomic E-state index is 6.43. The van der Waals surface area contributed by atoms with Crippen LogP contribution in [-0.4, -0.2) is 29.6 Å². The van der Waals surface area contributed by atoms with Crippen LogP contribution in [0.2, 0.25) is 0 Å². The summed E-state index contributed by atoms with van der Waals surface area (Å²) >= 11 is 0. The Labute approximate surface area is 164 Å². The van der Waals surface area contributed by atoms with Crippen LogP contribution in [0.3, 0.4) is 0 Å². The summed E-state index contributed by atoms with van der Waals surface area (Å²) in [6.45, 7) is 10.6. The number of aryl methyl sites for hydroxylation is 1. The number of benzene rings is 2. The summed E-state index contributed by atoms with van der Waals surface area (Å²) in [5, 5.41) is 0. The first kappa shape index (κ1) is 18.6. The normalized spacial score (nSPS) is 28.3. The minimum Gasteiger partial charge on any atom is -0.490 e. The van der Waals surface area contributed by atoms with E-state index in [0.717, 1.165) is 11.8 Å². The van der Waals surface area contributed by atoms with Gasteiger partial charge in [0, 0.05) is 12.1 Å². The number of likely N-dealkylation sites (tertiary alicyclic amines) is 1. The average Bonchev–Trinajstić information content (AvgIpc) is 2.99. The molecule has 144 valence electrons. The van der Waals surface area contributed by atoms with Gasteiger partial charge < -0.3 is 4.74 Å². The molecule has 4 rings (SSSR count). The lowest BCUT2D eigenvalue weighted by Gasteiger charge is -2.43. The van der Waals surface area contributed by atoms with Crippen LogP contribution < -0.4 is 4.74 Å². The van der Waals surface area contributed by atoms with E-state index in [4.69, 9.17) is 4.74 Å². The zero-order chi connectivity index (χ0) is 19.0. The highest BCUT2D eigenvalue weighted by atomic mass is 16.5. The van der Waals surface area contributed by atoms with Gasteiger partial charge in [-0.2, -0.15) is 0 Å². The minimum atomic E-state index is 0.350. The van der Waals surface area contributed by atoms with Gasteiger partial charge in [-0.05, 0) is 87.2 Å². The van der Waals surface area contributed by atoms with Gasteiger partial charge in [-0.1, -0.05) is 43.3 Å². The molecule has 1 aliphatic carbocycles. The molecule has 1 heterocycles. The molecule has 1 saturated heterocycles. The second-order valence-corrected chi connectivity index (χ2v) is 9.11. The molecule has 0 radical (unpaired) electrons. The zero-order valence-electron chi connectivity index (χ0n) is 17.2. The highest BCUT2D eigenvalue weighted by molar-refractivity contribution is 5.67. The molecule has 0 N–H and O–H groups in total. The van der Waals surface area contributed by atoms with Crippen molar-refractivity contribution in [2.75, 3.05) is 6.54 Å². The van der Waals surface area contributed by atoms with Crippen molar-refractivity contribution < 1.29 is 4.74 Å². The molecule has 0 spiro atoms. The number of hydrogen-bond donors (Lipinski definition) is 0. The Kier molecular flexibility index (Phi) is 5.03. The fourth-order valence-electron chi connectivity index (χ4n) is 5.35. The highest BCUT2D eigenvalue weighted by Gasteiger charge is 2.48. The third kappa shape index (κ3) is 3.65. The molecular weight excluding hydrogens is 330 g/mol. The summed E-state index contributed by atoms with van der Waals surface area (Å²) < 4.78 is 6.43. The molecule has 3 unspecified atom stereocenters. The molecular formula is C25H33NO. The first-order valence-electron chi connectivity index (χ1n) is 10.5. The van der Waals surface area contributed by atoms with Crippen molar-refractivity contribution in [3.8, 4) is 16.9 Å². The van der Waals surface area contributed by atoms with Crippen LogP contribution in [0.4, 0.5) is 0 Å². The van der Waals surface area contributed by atoms with E-state index in [2.05, 4.69) is 81.1 Å². The lowest BCUT2D eigenvalue weighted by Crippen LogP contribution is -2.47. The molecule has 2 nitrogen and oxygen atoms in total. The smallest absolute Gasteiger partial charge is 0.119 e. The number of nitrogens with zero attached hydrogens (tertiary/aromatic N) is 1. The molecule has 0 amide bonds. The standard InChI is InChI=1S/C25H33NO/c1-18(2)26-16-15-25(4)17-22(13-14-24(25)26)27-21-11-9-20(10-12-21)23-8-6-5-7-19(23)3/h5-12,18,22,24H,13-17H2,1-4H3. The van der Waals surface area contributed by atoms with Gasteiger partial charge in [0.25, 0.3) is 0 Å². The van der Waals surface area contributed by atoms with Crippen LogP contribution in [0.15, 0.2) is 48.5 Å². The van der Waals surface area contributed by atoms with Crippen molar-refractivity contribution in [3.05, 3.63) is 54.1 Å². The molecule has 1 saturated carbocycles. The molecule has 3 atom stereocenters. The van der Waals surface area contributed by atoms with E-state index in [1.807, 2.05) is 0 Å². The second-order valence-electron chi connectivity index (χ2n) is 9.11. The number of fused-ring (bicyclic) bond motifs is 1. The summed E-state index contributed by atoms with van der Waals surface area (Å²) in [5.41, 5.74) is 4.29. The fraction of sp³-hybridized carbons (Fsp3) is 0.520. The monoisotopic (exact) mass is 363 g/mol. The highest BCUT2D eigenvalue weighted by Crippen LogP contribution is 2.48. The summed E-state index contributed by atoms with van der Waals surface area (Å²) in [6, 6.07) is 18.6. The summed E-state index contributed by atoms with van der Waals surface area (Å²) in [7, 11) is 0. The van der Waals surface area contributed by atoms with E-state index in [9.17, 15) is 0 Å². The van der Waals surface area contributed by atoms with E-state index in [-0.39, 0.29) is 0 Å². The molecule has 0 aromatic heterocycles. The van der Waals surface area contributed by atoms with Crippen molar-refractivity contribution in [2.45, 2.75) is 71.6 Å². The molecule has 2 fully saturated rings.